The normalized spacial score (nSPS) is 37.0. The summed E-state index contributed by atoms with van der Waals surface area (Å²) in [6.07, 6.45) is 6.73. The van der Waals surface area contributed by atoms with E-state index in [9.17, 15) is 0 Å². The van der Waals surface area contributed by atoms with Crippen molar-refractivity contribution in [2.24, 2.45) is 0 Å². The van der Waals surface area contributed by atoms with Crippen LogP contribution in [0.15, 0.2) is 0 Å². The molecule has 0 bridgehead atoms. The standard InChI is InChI=1S/C15H30N2O/c1-5-15(6-2)11-17(12(3)10-16-15)13-7-8-14(9-13)18-4/h12-14,16H,5-11H2,1-4H3. The molecule has 2 fully saturated rings. The summed E-state index contributed by atoms with van der Waals surface area (Å²) in [4.78, 5) is 2.75. The van der Waals surface area contributed by atoms with Gasteiger partial charge in [0, 0.05) is 37.8 Å². The Balaban J connectivity index is 2.02. The molecule has 3 unspecified atom stereocenters. The Kier molecular flexibility index (Phi) is 4.68. The number of hydrogen-bond donors (Lipinski definition) is 1. The van der Waals surface area contributed by atoms with Gasteiger partial charge in [0.25, 0.3) is 0 Å². The summed E-state index contributed by atoms with van der Waals surface area (Å²) in [6.45, 7) is 9.34. The molecule has 106 valence electrons. The first-order valence-corrected chi connectivity index (χ1v) is 7.67. The van der Waals surface area contributed by atoms with E-state index in [1.165, 1.54) is 38.6 Å². The number of hydrogen-bond acceptors (Lipinski definition) is 3. The van der Waals surface area contributed by atoms with E-state index in [-0.39, 0.29) is 0 Å². The van der Waals surface area contributed by atoms with Crippen molar-refractivity contribution in [3.63, 3.8) is 0 Å². The summed E-state index contributed by atoms with van der Waals surface area (Å²) in [6, 6.07) is 1.40. The van der Waals surface area contributed by atoms with Crippen LogP contribution in [0.2, 0.25) is 0 Å². The number of nitrogens with zero attached hydrogens (tertiary/aromatic N) is 1. The molecule has 0 aromatic carbocycles. The van der Waals surface area contributed by atoms with Crippen LogP contribution < -0.4 is 5.32 Å². The molecule has 3 heteroatoms. The molecule has 1 aliphatic carbocycles. The lowest BCUT2D eigenvalue weighted by Gasteiger charge is -2.49. The lowest BCUT2D eigenvalue weighted by molar-refractivity contribution is 0.0360. The minimum Gasteiger partial charge on any atom is -0.381 e. The molecule has 18 heavy (non-hydrogen) atoms. The summed E-state index contributed by atoms with van der Waals surface area (Å²) in [5.74, 6) is 0. The molecule has 0 radical (unpaired) electrons. The van der Waals surface area contributed by atoms with Gasteiger partial charge in [0.05, 0.1) is 6.10 Å². The van der Waals surface area contributed by atoms with Crippen molar-refractivity contribution in [1.29, 1.82) is 0 Å². The molecule has 3 atom stereocenters. The van der Waals surface area contributed by atoms with Gasteiger partial charge in [-0.15, -0.1) is 0 Å². The highest BCUT2D eigenvalue weighted by molar-refractivity contribution is 4.99. The fourth-order valence-electron chi connectivity index (χ4n) is 3.69. The van der Waals surface area contributed by atoms with E-state index in [0.717, 1.165) is 12.6 Å². The highest BCUT2D eigenvalue weighted by atomic mass is 16.5. The van der Waals surface area contributed by atoms with Gasteiger partial charge in [0.2, 0.25) is 0 Å². The van der Waals surface area contributed by atoms with Gasteiger partial charge in [-0.3, -0.25) is 4.90 Å². The Morgan fingerprint density at radius 3 is 2.56 bits per heavy atom. The fraction of sp³-hybridized carbons (Fsp3) is 1.00. The Morgan fingerprint density at radius 2 is 2.00 bits per heavy atom. The minimum absolute atomic E-state index is 0.345. The van der Waals surface area contributed by atoms with Crippen molar-refractivity contribution >= 4 is 0 Å². The third-order valence-corrected chi connectivity index (χ3v) is 5.34. The molecule has 1 N–H and O–H groups in total. The quantitative estimate of drug-likeness (QED) is 0.834. The van der Waals surface area contributed by atoms with Crippen LogP contribution in [0.5, 0.6) is 0 Å². The lowest BCUT2D eigenvalue weighted by Crippen LogP contribution is -2.64. The summed E-state index contributed by atoms with van der Waals surface area (Å²) < 4.78 is 5.53. The van der Waals surface area contributed by atoms with Crippen molar-refractivity contribution in [3.05, 3.63) is 0 Å². The maximum Gasteiger partial charge on any atom is 0.0586 e. The average molecular weight is 254 g/mol. The first kappa shape index (κ1) is 14.3. The van der Waals surface area contributed by atoms with Gasteiger partial charge in [-0.1, -0.05) is 13.8 Å². The Morgan fingerprint density at radius 1 is 1.28 bits per heavy atom. The number of nitrogens with one attached hydrogen (secondary N) is 1. The van der Waals surface area contributed by atoms with Gasteiger partial charge in [0.1, 0.15) is 0 Å². The highest BCUT2D eigenvalue weighted by Crippen LogP contribution is 2.31. The zero-order valence-corrected chi connectivity index (χ0v) is 12.5. The van der Waals surface area contributed by atoms with Crippen LogP contribution in [-0.2, 0) is 4.74 Å². The number of ether oxygens (including phenoxy) is 1. The third kappa shape index (κ3) is 2.73. The van der Waals surface area contributed by atoms with Crippen LogP contribution in [0.3, 0.4) is 0 Å². The molecule has 0 spiro atoms. The van der Waals surface area contributed by atoms with E-state index in [4.69, 9.17) is 4.74 Å². The smallest absolute Gasteiger partial charge is 0.0586 e. The molecule has 1 saturated carbocycles. The van der Waals surface area contributed by atoms with E-state index in [2.05, 4.69) is 31.0 Å². The van der Waals surface area contributed by atoms with Crippen molar-refractivity contribution in [3.8, 4) is 0 Å². The van der Waals surface area contributed by atoms with E-state index in [1.54, 1.807) is 0 Å². The summed E-state index contributed by atoms with van der Waals surface area (Å²) >= 11 is 0. The molecule has 2 rings (SSSR count). The van der Waals surface area contributed by atoms with Crippen molar-refractivity contribution in [2.75, 3.05) is 20.2 Å². The van der Waals surface area contributed by atoms with E-state index >= 15 is 0 Å². The van der Waals surface area contributed by atoms with Gasteiger partial charge in [-0.05, 0) is 39.0 Å². The van der Waals surface area contributed by atoms with Gasteiger partial charge < -0.3 is 10.1 Å². The highest BCUT2D eigenvalue weighted by Gasteiger charge is 2.40. The van der Waals surface area contributed by atoms with Gasteiger partial charge in [-0.25, -0.2) is 0 Å². The molecule has 1 heterocycles. The van der Waals surface area contributed by atoms with E-state index < -0.39 is 0 Å². The average Bonchev–Trinajstić information content (AvgIpc) is 2.88. The molecule has 3 nitrogen and oxygen atoms in total. The lowest BCUT2D eigenvalue weighted by atomic mass is 9.87. The monoisotopic (exact) mass is 254 g/mol. The molecular weight excluding hydrogens is 224 g/mol. The summed E-state index contributed by atoms with van der Waals surface area (Å²) in [7, 11) is 1.86. The fourth-order valence-corrected chi connectivity index (χ4v) is 3.69. The maximum absolute atomic E-state index is 5.53. The zero-order valence-electron chi connectivity index (χ0n) is 12.5. The SMILES string of the molecule is CCC1(CC)CN(C2CCC(OC)C2)C(C)CN1. The van der Waals surface area contributed by atoms with Crippen molar-refractivity contribution in [1.82, 2.24) is 10.2 Å². The second-order valence-electron chi connectivity index (χ2n) is 6.21. The maximum atomic E-state index is 5.53. The van der Waals surface area contributed by atoms with Gasteiger partial charge in [0.15, 0.2) is 0 Å². The van der Waals surface area contributed by atoms with Crippen LogP contribution in [0.1, 0.15) is 52.9 Å². The van der Waals surface area contributed by atoms with Crippen molar-refractivity contribution in [2.45, 2.75) is 76.6 Å². The summed E-state index contributed by atoms with van der Waals surface area (Å²) in [5.41, 5.74) is 0.345. The van der Waals surface area contributed by atoms with Crippen LogP contribution in [0.4, 0.5) is 0 Å². The first-order chi connectivity index (χ1) is 8.64. The summed E-state index contributed by atoms with van der Waals surface area (Å²) in [5, 5.41) is 3.79. The molecule has 1 aliphatic heterocycles. The van der Waals surface area contributed by atoms with Crippen LogP contribution in [0.25, 0.3) is 0 Å². The first-order valence-electron chi connectivity index (χ1n) is 7.67. The van der Waals surface area contributed by atoms with Crippen LogP contribution in [0, 0.1) is 0 Å². The second-order valence-corrected chi connectivity index (χ2v) is 6.21. The Hall–Kier alpha value is -0.120. The van der Waals surface area contributed by atoms with Gasteiger partial charge >= 0.3 is 0 Å². The number of piperazine rings is 1. The van der Waals surface area contributed by atoms with Crippen LogP contribution in [-0.4, -0.2) is 48.8 Å². The molecule has 0 aromatic heterocycles. The molecule has 0 amide bonds. The van der Waals surface area contributed by atoms with Gasteiger partial charge in [-0.2, -0.15) is 0 Å². The number of methoxy groups -OCH3 is 1. The second kappa shape index (κ2) is 5.89. The third-order valence-electron chi connectivity index (χ3n) is 5.34. The molecule has 2 aliphatic rings. The topological polar surface area (TPSA) is 24.5 Å². The largest absolute Gasteiger partial charge is 0.381 e. The Labute approximate surface area is 112 Å². The molecule has 1 saturated heterocycles. The van der Waals surface area contributed by atoms with E-state index in [0.29, 0.717) is 17.7 Å². The predicted molar refractivity (Wildman–Crippen MR) is 75.9 cm³/mol. The minimum atomic E-state index is 0.345. The van der Waals surface area contributed by atoms with Crippen LogP contribution >= 0.6 is 0 Å². The predicted octanol–water partition coefficient (Wildman–Crippen LogP) is 2.41. The molecule has 0 aromatic rings. The molecular formula is C15H30N2O. The number of rotatable bonds is 4. The van der Waals surface area contributed by atoms with Crippen molar-refractivity contribution < 1.29 is 4.74 Å². The van der Waals surface area contributed by atoms with E-state index in [1.807, 2.05) is 7.11 Å². The zero-order chi connectivity index (χ0) is 13.2. The Bertz CT molecular complexity index is 265.